The predicted molar refractivity (Wildman–Crippen MR) is 95.7 cm³/mol. The molecule has 2 unspecified atom stereocenters. The molecule has 4 heteroatoms. The first-order chi connectivity index (χ1) is 11.0. The van der Waals surface area contributed by atoms with Crippen LogP contribution in [0.1, 0.15) is 25.3 Å². The van der Waals surface area contributed by atoms with Crippen molar-refractivity contribution in [1.29, 1.82) is 0 Å². The molecule has 122 valence electrons. The second-order valence-electron chi connectivity index (χ2n) is 6.73. The van der Waals surface area contributed by atoms with Crippen LogP contribution in [-0.4, -0.2) is 22.8 Å². The summed E-state index contributed by atoms with van der Waals surface area (Å²) in [7, 11) is 0. The van der Waals surface area contributed by atoms with E-state index in [-0.39, 0.29) is 0 Å². The topological polar surface area (TPSA) is 67.3 Å². The van der Waals surface area contributed by atoms with E-state index in [2.05, 4.69) is 48.6 Å². The molecular weight excluding hydrogens is 284 g/mol. The molecule has 5 N–H and O–H groups in total. The molecule has 1 aliphatic rings. The third kappa shape index (κ3) is 3.11. The first-order valence-electron chi connectivity index (χ1n) is 8.22. The Kier molecular flexibility index (Phi) is 4.39. The maximum Gasteiger partial charge on any atom is 0.125 e. The van der Waals surface area contributed by atoms with Crippen LogP contribution in [0.25, 0.3) is 0 Å². The molecule has 23 heavy (non-hydrogen) atoms. The Morgan fingerprint density at radius 2 is 1.65 bits per heavy atom. The molecular formula is C19H26N4. The first-order valence-corrected chi connectivity index (χ1v) is 8.22. The Bertz CT molecular complexity index is 583. The summed E-state index contributed by atoms with van der Waals surface area (Å²) in [6.45, 7) is 2.93. The van der Waals surface area contributed by atoms with Crippen LogP contribution >= 0.6 is 0 Å². The molecule has 0 aromatic heterocycles. The van der Waals surface area contributed by atoms with E-state index in [0.29, 0.717) is 0 Å². The van der Waals surface area contributed by atoms with Gasteiger partial charge >= 0.3 is 0 Å². The lowest BCUT2D eigenvalue weighted by Crippen LogP contribution is -2.76. The number of hydrogen-bond donors (Lipinski definition) is 3. The van der Waals surface area contributed by atoms with E-state index >= 15 is 0 Å². The lowest BCUT2D eigenvalue weighted by atomic mass is 9.75. The molecule has 0 saturated carbocycles. The summed E-state index contributed by atoms with van der Waals surface area (Å²) in [5.74, 6) is 6.48. The van der Waals surface area contributed by atoms with Gasteiger partial charge < -0.3 is 11.1 Å². The van der Waals surface area contributed by atoms with Crippen LogP contribution in [0.2, 0.25) is 0 Å². The van der Waals surface area contributed by atoms with Gasteiger partial charge in [0.1, 0.15) is 5.66 Å². The third-order valence-corrected chi connectivity index (χ3v) is 4.96. The zero-order valence-corrected chi connectivity index (χ0v) is 13.7. The number of para-hydroxylation sites is 1. The van der Waals surface area contributed by atoms with Crippen molar-refractivity contribution in [3.05, 3.63) is 66.2 Å². The highest BCUT2D eigenvalue weighted by atomic mass is 15.5. The van der Waals surface area contributed by atoms with Gasteiger partial charge in [-0.25, -0.2) is 5.01 Å². The van der Waals surface area contributed by atoms with Crippen molar-refractivity contribution >= 4 is 5.69 Å². The van der Waals surface area contributed by atoms with Gasteiger partial charge in [-0.15, -0.1) is 0 Å². The van der Waals surface area contributed by atoms with Gasteiger partial charge in [0.05, 0.1) is 5.54 Å². The van der Waals surface area contributed by atoms with Crippen LogP contribution in [0.5, 0.6) is 0 Å². The molecule has 2 atom stereocenters. The van der Waals surface area contributed by atoms with E-state index in [9.17, 15) is 0 Å². The summed E-state index contributed by atoms with van der Waals surface area (Å²) < 4.78 is 0. The maximum absolute atomic E-state index is 6.76. The van der Waals surface area contributed by atoms with Crippen molar-refractivity contribution in [3.63, 3.8) is 0 Å². The van der Waals surface area contributed by atoms with Crippen molar-refractivity contribution in [2.24, 2.45) is 11.6 Å². The van der Waals surface area contributed by atoms with Gasteiger partial charge in [-0.2, -0.15) is 0 Å². The molecule has 1 saturated heterocycles. The van der Waals surface area contributed by atoms with Crippen LogP contribution in [0.3, 0.4) is 0 Å². The summed E-state index contributed by atoms with van der Waals surface area (Å²) in [6.07, 6.45) is 2.70. The molecule has 2 aromatic carbocycles. The average molecular weight is 310 g/mol. The number of nitrogens with two attached hydrogens (primary N) is 2. The first kappa shape index (κ1) is 16.0. The van der Waals surface area contributed by atoms with Crippen LogP contribution < -0.4 is 16.9 Å². The molecule has 2 aromatic rings. The molecule has 0 spiro atoms. The molecule has 1 aliphatic heterocycles. The van der Waals surface area contributed by atoms with Crippen molar-refractivity contribution in [2.45, 2.75) is 37.4 Å². The largest absolute Gasteiger partial charge is 0.364 e. The highest BCUT2D eigenvalue weighted by Crippen LogP contribution is 2.37. The van der Waals surface area contributed by atoms with Gasteiger partial charge in [-0.1, -0.05) is 48.5 Å². The molecule has 1 heterocycles. The monoisotopic (exact) mass is 310 g/mol. The fraction of sp³-hybridized carbons (Fsp3) is 0.368. The van der Waals surface area contributed by atoms with Gasteiger partial charge in [-0.3, -0.25) is 5.84 Å². The van der Waals surface area contributed by atoms with Gasteiger partial charge in [0.2, 0.25) is 0 Å². The normalized spacial score (nSPS) is 28.5. The molecule has 0 radical (unpaired) electrons. The van der Waals surface area contributed by atoms with Crippen LogP contribution in [0.15, 0.2) is 60.7 Å². The fourth-order valence-corrected chi connectivity index (χ4v) is 3.56. The lowest BCUT2D eigenvalue weighted by molar-refractivity contribution is 0.00330. The lowest BCUT2D eigenvalue weighted by Gasteiger charge is -2.55. The van der Waals surface area contributed by atoms with Gasteiger partial charge in [-0.05, 0) is 37.5 Å². The SMILES string of the molecule is CC1(N)CCCN(N)C1(Cc1ccccc1)Nc1ccccc1. The third-order valence-electron chi connectivity index (χ3n) is 4.96. The highest BCUT2D eigenvalue weighted by molar-refractivity contribution is 5.47. The van der Waals surface area contributed by atoms with E-state index < -0.39 is 11.2 Å². The molecule has 0 bridgehead atoms. The summed E-state index contributed by atoms with van der Waals surface area (Å²) in [5.41, 5.74) is 8.07. The Morgan fingerprint density at radius 1 is 1.04 bits per heavy atom. The Balaban J connectivity index is 2.01. The summed E-state index contributed by atoms with van der Waals surface area (Å²) in [4.78, 5) is 0. The van der Waals surface area contributed by atoms with Gasteiger partial charge in [0, 0.05) is 18.7 Å². The minimum Gasteiger partial charge on any atom is -0.364 e. The zero-order chi connectivity index (χ0) is 16.3. The predicted octanol–water partition coefficient (Wildman–Crippen LogP) is 2.72. The van der Waals surface area contributed by atoms with Crippen LogP contribution in [0, 0.1) is 0 Å². The van der Waals surface area contributed by atoms with E-state index in [1.807, 2.05) is 29.3 Å². The minimum atomic E-state index is -0.520. The molecule has 3 rings (SSSR count). The minimum absolute atomic E-state index is 0.439. The highest BCUT2D eigenvalue weighted by Gasteiger charge is 2.51. The van der Waals surface area contributed by atoms with Crippen molar-refractivity contribution in [2.75, 3.05) is 11.9 Å². The Hall–Kier alpha value is -1.88. The van der Waals surface area contributed by atoms with E-state index in [1.165, 1.54) is 5.56 Å². The number of nitrogens with zero attached hydrogens (tertiary/aromatic N) is 1. The van der Waals surface area contributed by atoms with Crippen molar-refractivity contribution < 1.29 is 0 Å². The second kappa shape index (κ2) is 6.32. The zero-order valence-electron chi connectivity index (χ0n) is 13.7. The standard InChI is InChI=1S/C19H26N4/c1-18(20)13-8-14-23(21)19(18,15-16-9-4-2-5-10-16)22-17-11-6-3-7-12-17/h2-7,9-12,22H,8,13-15,20-21H2,1H3. The molecule has 4 nitrogen and oxygen atoms in total. The van der Waals surface area contributed by atoms with Crippen molar-refractivity contribution in [3.8, 4) is 0 Å². The van der Waals surface area contributed by atoms with Crippen LogP contribution in [-0.2, 0) is 6.42 Å². The number of benzene rings is 2. The number of nitrogens with one attached hydrogen (secondary N) is 1. The summed E-state index contributed by atoms with van der Waals surface area (Å²) in [6, 6.07) is 20.6. The number of hydrogen-bond acceptors (Lipinski definition) is 4. The van der Waals surface area contributed by atoms with Crippen molar-refractivity contribution in [1.82, 2.24) is 5.01 Å². The van der Waals surface area contributed by atoms with E-state index in [1.54, 1.807) is 0 Å². The molecule has 0 amide bonds. The maximum atomic E-state index is 6.76. The fourth-order valence-electron chi connectivity index (χ4n) is 3.56. The summed E-state index contributed by atoms with van der Waals surface area (Å²) >= 11 is 0. The van der Waals surface area contributed by atoms with Gasteiger partial charge in [0.25, 0.3) is 0 Å². The Morgan fingerprint density at radius 3 is 2.26 bits per heavy atom. The van der Waals surface area contributed by atoms with E-state index in [4.69, 9.17) is 11.6 Å². The second-order valence-corrected chi connectivity index (χ2v) is 6.73. The van der Waals surface area contributed by atoms with E-state index in [0.717, 1.165) is 31.5 Å². The Labute approximate surface area is 138 Å². The quantitative estimate of drug-likeness (QED) is 0.760. The van der Waals surface area contributed by atoms with Gasteiger partial charge in [0.15, 0.2) is 0 Å². The smallest absolute Gasteiger partial charge is 0.125 e. The molecule has 1 fully saturated rings. The average Bonchev–Trinajstić information content (AvgIpc) is 2.54. The number of hydrazine groups is 1. The van der Waals surface area contributed by atoms with Crippen LogP contribution in [0.4, 0.5) is 5.69 Å². The number of piperidine rings is 1. The summed E-state index contributed by atoms with van der Waals surface area (Å²) in [5, 5.41) is 5.56. The number of rotatable bonds is 4. The molecule has 0 aliphatic carbocycles. The number of anilines is 1.